The van der Waals surface area contributed by atoms with Crippen LogP contribution in [0.1, 0.15) is 48.8 Å². The van der Waals surface area contributed by atoms with Crippen LogP contribution in [0.15, 0.2) is 77.8 Å². The molecule has 0 spiro atoms. The molecule has 1 aliphatic rings. The zero-order chi connectivity index (χ0) is 37.6. The van der Waals surface area contributed by atoms with E-state index in [2.05, 4.69) is 14.7 Å². The Hall–Kier alpha value is -5.29. The molecule has 3 heterocycles. The molecule has 52 heavy (non-hydrogen) atoms. The third-order valence-corrected chi connectivity index (χ3v) is 9.91. The quantitative estimate of drug-likeness (QED) is 0.126. The first-order valence-corrected chi connectivity index (χ1v) is 18.0. The summed E-state index contributed by atoms with van der Waals surface area (Å²) in [5.74, 6) is -0.700. The van der Waals surface area contributed by atoms with Gasteiger partial charge in [-0.3, -0.25) is 14.9 Å². The van der Waals surface area contributed by atoms with Gasteiger partial charge < -0.3 is 19.3 Å². The second kappa shape index (κ2) is 15.9. The van der Waals surface area contributed by atoms with Gasteiger partial charge in [0, 0.05) is 61.8 Å². The SMILES string of the molecule is CCOc1ccc(C(=O)N2CCN(c3ccc(-c4cccnc4OCC)cc3CNS(=O)(=O)c3ccccc3[N+](=O)[O-])[C@H](CC)C2)c(C(F)(F)F)n1. The van der Waals surface area contributed by atoms with Gasteiger partial charge in [-0.25, -0.2) is 23.1 Å². The Kier molecular flexibility index (Phi) is 11.6. The molecule has 17 heteroatoms. The zero-order valence-electron chi connectivity index (χ0n) is 28.6. The number of nitro benzene ring substituents is 1. The normalized spacial score (nSPS) is 15.0. The zero-order valence-corrected chi connectivity index (χ0v) is 29.4. The number of hydrogen-bond acceptors (Lipinski definition) is 10. The molecule has 0 bridgehead atoms. The first-order chi connectivity index (χ1) is 24.8. The highest BCUT2D eigenvalue weighted by atomic mass is 32.2. The maximum absolute atomic E-state index is 14.0. The lowest BCUT2D eigenvalue weighted by atomic mass is 9.99. The average molecular weight is 743 g/mol. The molecule has 1 fully saturated rings. The second-order valence-electron chi connectivity index (χ2n) is 11.7. The number of sulfonamides is 1. The minimum Gasteiger partial charge on any atom is -0.478 e. The van der Waals surface area contributed by atoms with Crippen LogP contribution in [0.3, 0.4) is 0 Å². The van der Waals surface area contributed by atoms with Crippen molar-refractivity contribution in [2.45, 2.75) is 50.9 Å². The van der Waals surface area contributed by atoms with E-state index in [9.17, 15) is 36.5 Å². The standard InChI is InChI=1S/C35H37F3N6O7S/c1-4-25-22-42(34(45)27-14-16-31(50-5-2)41-32(27)35(36,37)38)18-19-43(25)28-15-13-23(26-10-9-17-39-33(26)51-6-3)20-24(28)21-40-52(48,49)30-12-8-7-11-29(30)44(46)47/h7-17,20,25,40H,4-6,18-19,21-22H2,1-3H3/t25-/m1/s1. The van der Waals surface area contributed by atoms with Gasteiger partial charge in [0.25, 0.3) is 11.6 Å². The maximum Gasteiger partial charge on any atom is 0.434 e. The van der Waals surface area contributed by atoms with Crippen LogP contribution in [0.5, 0.6) is 11.8 Å². The van der Waals surface area contributed by atoms with Gasteiger partial charge in [-0.1, -0.05) is 25.1 Å². The number of carbonyl (C=O) groups is 1. The Balaban J connectivity index is 1.49. The third-order valence-electron chi connectivity index (χ3n) is 8.46. The maximum atomic E-state index is 14.0. The second-order valence-corrected chi connectivity index (χ2v) is 13.4. The molecular weight excluding hydrogens is 705 g/mol. The number of amides is 1. The van der Waals surface area contributed by atoms with Crippen LogP contribution in [0.25, 0.3) is 11.1 Å². The summed E-state index contributed by atoms with van der Waals surface area (Å²) in [6.07, 6.45) is -2.83. The number of para-hydroxylation sites is 1. The monoisotopic (exact) mass is 742 g/mol. The molecule has 4 aromatic rings. The van der Waals surface area contributed by atoms with Gasteiger partial charge in [0.1, 0.15) is 0 Å². The van der Waals surface area contributed by atoms with Crippen LogP contribution >= 0.6 is 0 Å². The van der Waals surface area contributed by atoms with Crippen molar-refractivity contribution >= 4 is 27.3 Å². The molecule has 1 N–H and O–H groups in total. The van der Waals surface area contributed by atoms with Crippen LogP contribution < -0.4 is 19.1 Å². The molecule has 5 rings (SSSR count). The highest BCUT2D eigenvalue weighted by Gasteiger charge is 2.40. The van der Waals surface area contributed by atoms with E-state index in [0.29, 0.717) is 41.3 Å². The van der Waals surface area contributed by atoms with Crippen molar-refractivity contribution in [1.29, 1.82) is 0 Å². The fraction of sp³-hybridized carbons (Fsp3) is 0.343. The number of rotatable bonds is 13. The summed E-state index contributed by atoms with van der Waals surface area (Å²) in [7, 11) is -4.38. The van der Waals surface area contributed by atoms with Crippen LogP contribution in [-0.2, 0) is 22.7 Å². The average Bonchev–Trinajstić information content (AvgIpc) is 3.13. The molecule has 1 amide bonds. The number of halogens is 3. The molecule has 0 saturated carbocycles. The summed E-state index contributed by atoms with van der Waals surface area (Å²) in [5, 5.41) is 11.6. The number of alkyl halides is 3. The van der Waals surface area contributed by atoms with Crippen molar-refractivity contribution in [2.24, 2.45) is 0 Å². The summed E-state index contributed by atoms with van der Waals surface area (Å²) in [4.78, 5) is 35.2. The smallest absolute Gasteiger partial charge is 0.434 e. The minimum atomic E-state index is -4.90. The van der Waals surface area contributed by atoms with Crippen molar-refractivity contribution in [2.75, 3.05) is 37.7 Å². The van der Waals surface area contributed by atoms with E-state index in [0.717, 1.165) is 18.2 Å². The van der Waals surface area contributed by atoms with E-state index in [1.54, 1.807) is 37.4 Å². The van der Waals surface area contributed by atoms with E-state index in [4.69, 9.17) is 9.47 Å². The molecule has 1 atom stereocenters. The molecule has 2 aromatic carbocycles. The number of ether oxygens (including phenoxy) is 2. The number of pyridine rings is 2. The highest BCUT2D eigenvalue weighted by molar-refractivity contribution is 7.89. The Morgan fingerprint density at radius 1 is 1.02 bits per heavy atom. The molecule has 276 valence electrons. The Morgan fingerprint density at radius 2 is 1.77 bits per heavy atom. The summed E-state index contributed by atoms with van der Waals surface area (Å²) in [6.45, 7) is 5.81. The summed E-state index contributed by atoms with van der Waals surface area (Å²) < 4.78 is 82.3. The van der Waals surface area contributed by atoms with Crippen molar-refractivity contribution in [3.8, 4) is 22.9 Å². The molecule has 0 aliphatic carbocycles. The third kappa shape index (κ3) is 8.26. The number of hydrogen-bond donors (Lipinski definition) is 1. The van der Waals surface area contributed by atoms with E-state index < -0.39 is 48.9 Å². The number of nitro groups is 1. The van der Waals surface area contributed by atoms with E-state index >= 15 is 0 Å². The van der Waals surface area contributed by atoms with Gasteiger partial charge in [0.15, 0.2) is 10.6 Å². The molecule has 1 aliphatic heterocycles. The summed E-state index contributed by atoms with van der Waals surface area (Å²) >= 11 is 0. The first-order valence-electron chi connectivity index (χ1n) is 16.5. The van der Waals surface area contributed by atoms with Gasteiger partial charge in [-0.2, -0.15) is 13.2 Å². The fourth-order valence-corrected chi connectivity index (χ4v) is 7.23. The molecule has 1 saturated heterocycles. The largest absolute Gasteiger partial charge is 0.478 e. The number of carbonyl (C=O) groups excluding carboxylic acids is 1. The van der Waals surface area contributed by atoms with Gasteiger partial charge >= 0.3 is 6.18 Å². The lowest BCUT2D eigenvalue weighted by molar-refractivity contribution is -0.387. The molecule has 2 aromatic heterocycles. The molecule has 0 unspecified atom stereocenters. The van der Waals surface area contributed by atoms with E-state index in [1.165, 1.54) is 23.1 Å². The van der Waals surface area contributed by atoms with Gasteiger partial charge in [-0.15, -0.1) is 0 Å². The predicted molar refractivity (Wildman–Crippen MR) is 186 cm³/mol. The van der Waals surface area contributed by atoms with Crippen LogP contribution in [0, 0.1) is 10.1 Å². The van der Waals surface area contributed by atoms with Gasteiger partial charge in [0.05, 0.1) is 23.7 Å². The number of nitrogens with one attached hydrogen (secondary N) is 1. The first kappa shape index (κ1) is 38.0. The Bertz CT molecular complexity index is 2050. The van der Waals surface area contributed by atoms with Crippen molar-refractivity contribution in [1.82, 2.24) is 19.6 Å². The molecule has 13 nitrogen and oxygen atoms in total. The fourth-order valence-electron chi connectivity index (χ4n) is 6.06. The van der Waals surface area contributed by atoms with Crippen molar-refractivity contribution < 1.29 is 40.8 Å². The number of piperazine rings is 1. The predicted octanol–water partition coefficient (Wildman–Crippen LogP) is 6.09. The Morgan fingerprint density at radius 3 is 2.46 bits per heavy atom. The number of benzene rings is 2. The van der Waals surface area contributed by atoms with Gasteiger partial charge in [-0.05, 0) is 67.8 Å². The highest BCUT2D eigenvalue weighted by Crippen LogP contribution is 2.36. The topological polar surface area (TPSA) is 157 Å². The Labute approximate surface area is 298 Å². The van der Waals surface area contributed by atoms with Crippen LogP contribution in [0.4, 0.5) is 24.5 Å². The van der Waals surface area contributed by atoms with Crippen LogP contribution in [0.2, 0.25) is 0 Å². The molecule has 0 radical (unpaired) electrons. The molecular formula is C35H37F3N6O7S. The summed E-state index contributed by atoms with van der Waals surface area (Å²) in [6, 6.07) is 15.9. The number of aromatic nitrogens is 2. The minimum absolute atomic E-state index is 0.0556. The van der Waals surface area contributed by atoms with Crippen molar-refractivity contribution in [3.05, 3.63) is 99.9 Å². The van der Waals surface area contributed by atoms with Gasteiger partial charge in [0.2, 0.25) is 21.8 Å². The number of nitrogens with zero attached hydrogens (tertiary/aromatic N) is 5. The van der Waals surface area contributed by atoms with Crippen LogP contribution in [-0.4, -0.2) is 73.0 Å². The van der Waals surface area contributed by atoms with E-state index in [1.807, 2.05) is 24.8 Å². The lowest BCUT2D eigenvalue weighted by Gasteiger charge is -2.43. The van der Waals surface area contributed by atoms with Crippen molar-refractivity contribution in [3.63, 3.8) is 0 Å². The number of anilines is 1. The summed E-state index contributed by atoms with van der Waals surface area (Å²) in [5.41, 5.74) is -0.0908. The van der Waals surface area contributed by atoms with E-state index in [-0.39, 0.29) is 44.7 Å². The lowest BCUT2D eigenvalue weighted by Crippen LogP contribution is -2.55.